The summed E-state index contributed by atoms with van der Waals surface area (Å²) in [7, 11) is 0. The summed E-state index contributed by atoms with van der Waals surface area (Å²) in [5.41, 5.74) is 3.63. The number of benzene rings is 1. The lowest BCUT2D eigenvalue weighted by atomic mass is 10.0. The van der Waals surface area contributed by atoms with E-state index in [-0.39, 0.29) is 12.5 Å². The standard InChI is InChI=1S/C17H16ClN5O2/c18-12-3-1-2-4-16(12)23-8-6-13(21-23)17(25)22-7-5-11-14(9-22)19-20-15(11)10-24/h1-4,6,8,24H,5,7,9-10H2,(H,19,20). The van der Waals surface area contributed by atoms with Gasteiger partial charge < -0.3 is 10.0 Å². The molecule has 0 radical (unpaired) electrons. The lowest BCUT2D eigenvalue weighted by molar-refractivity contribution is 0.0725. The van der Waals surface area contributed by atoms with Crippen LogP contribution < -0.4 is 0 Å². The van der Waals surface area contributed by atoms with Crippen LogP contribution in [0.1, 0.15) is 27.4 Å². The van der Waals surface area contributed by atoms with Crippen LogP contribution in [0, 0.1) is 0 Å². The zero-order valence-corrected chi connectivity index (χ0v) is 14.1. The molecular formula is C17H16ClN5O2. The van der Waals surface area contributed by atoms with E-state index in [1.807, 2.05) is 18.2 Å². The van der Waals surface area contributed by atoms with Crippen molar-refractivity contribution in [1.29, 1.82) is 0 Å². The molecule has 0 atom stereocenters. The third-order valence-electron chi connectivity index (χ3n) is 4.36. The predicted octanol–water partition coefficient (Wildman–Crippen LogP) is 1.94. The largest absolute Gasteiger partial charge is 0.390 e. The van der Waals surface area contributed by atoms with Crippen molar-refractivity contribution in [2.45, 2.75) is 19.6 Å². The summed E-state index contributed by atoms with van der Waals surface area (Å²) >= 11 is 6.18. The van der Waals surface area contributed by atoms with Gasteiger partial charge in [0.2, 0.25) is 0 Å². The maximum absolute atomic E-state index is 12.7. The number of hydrogen-bond acceptors (Lipinski definition) is 4. The molecule has 0 spiro atoms. The minimum Gasteiger partial charge on any atom is -0.390 e. The average molecular weight is 358 g/mol. The van der Waals surface area contributed by atoms with Gasteiger partial charge in [0.25, 0.3) is 5.91 Å². The van der Waals surface area contributed by atoms with E-state index in [2.05, 4.69) is 15.3 Å². The first-order chi connectivity index (χ1) is 12.2. The maximum atomic E-state index is 12.7. The highest BCUT2D eigenvalue weighted by atomic mass is 35.5. The molecule has 2 aromatic heterocycles. The first-order valence-corrected chi connectivity index (χ1v) is 8.31. The van der Waals surface area contributed by atoms with Gasteiger partial charge in [-0.15, -0.1) is 0 Å². The first kappa shape index (κ1) is 15.9. The number of nitrogens with zero attached hydrogens (tertiary/aromatic N) is 4. The Hall–Kier alpha value is -2.64. The van der Waals surface area contributed by atoms with Gasteiger partial charge in [0.05, 0.1) is 35.2 Å². The molecule has 0 bridgehead atoms. The van der Waals surface area contributed by atoms with Gasteiger partial charge in [0, 0.05) is 18.3 Å². The number of nitrogens with one attached hydrogen (secondary N) is 1. The second-order valence-electron chi connectivity index (χ2n) is 5.86. The molecule has 1 amide bonds. The monoisotopic (exact) mass is 357 g/mol. The fraction of sp³-hybridized carbons (Fsp3) is 0.235. The molecule has 1 aliphatic heterocycles. The number of rotatable bonds is 3. The summed E-state index contributed by atoms with van der Waals surface area (Å²) in [6.07, 6.45) is 2.39. The summed E-state index contributed by atoms with van der Waals surface area (Å²) in [6.45, 7) is 0.902. The number of aromatic amines is 1. The molecular weight excluding hydrogens is 342 g/mol. The van der Waals surface area contributed by atoms with Crippen molar-refractivity contribution in [3.63, 3.8) is 0 Å². The molecule has 1 aromatic carbocycles. The van der Waals surface area contributed by atoms with E-state index in [4.69, 9.17) is 11.6 Å². The Labute approximate surface area is 148 Å². The number of carbonyl (C=O) groups excluding carboxylic acids is 1. The van der Waals surface area contributed by atoms with E-state index in [9.17, 15) is 9.90 Å². The predicted molar refractivity (Wildman–Crippen MR) is 91.5 cm³/mol. The van der Waals surface area contributed by atoms with Crippen LogP contribution in [0.2, 0.25) is 5.02 Å². The van der Waals surface area contributed by atoms with Gasteiger partial charge in [0.1, 0.15) is 0 Å². The quantitative estimate of drug-likeness (QED) is 0.750. The average Bonchev–Trinajstić information content (AvgIpc) is 3.28. The normalized spacial score (nSPS) is 13.8. The van der Waals surface area contributed by atoms with Crippen LogP contribution >= 0.6 is 11.6 Å². The van der Waals surface area contributed by atoms with Crippen molar-refractivity contribution in [3.8, 4) is 5.69 Å². The number of aliphatic hydroxyl groups is 1. The fourth-order valence-corrected chi connectivity index (χ4v) is 3.28. The third kappa shape index (κ3) is 2.81. The number of aliphatic hydroxyl groups excluding tert-OH is 1. The number of fused-ring (bicyclic) bond motifs is 1. The van der Waals surface area contributed by atoms with E-state index in [0.717, 1.165) is 16.9 Å². The Kier molecular flexibility index (Phi) is 4.03. The SMILES string of the molecule is O=C(c1ccn(-c2ccccc2Cl)n1)N1CCc2c(CO)n[nH]c2C1. The second-order valence-corrected chi connectivity index (χ2v) is 6.27. The Morgan fingerprint density at radius 2 is 2.16 bits per heavy atom. The second kappa shape index (κ2) is 6.34. The van der Waals surface area contributed by atoms with Gasteiger partial charge in [0.15, 0.2) is 5.69 Å². The van der Waals surface area contributed by atoms with Gasteiger partial charge in [-0.05, 0) is 24.6 Å². The Balaban J connectivity index is 1.55. The number of hydrogen-bond donors (Lipinski definition) is 2. The molecule has 1 aliphatic rings. The number of para-hydroxylation sites is 1. The molecule has 3 heterocycles. The van der Waals surface area contributed by atoms with Crippen molar-refractivity contribution < 1.29 is 9.90 Å². The van der Waals surface area contributed by atoms with E-state index in [0.29, 0.717) is 35.9 Å². The molecule has 4 rings (SSSR count). The minimum atomic E-state index is -0.142. The number of halogens is 1. The molecule has 3 aromatic rings. The number of carbonyl (C=O) groups is 1. The van der Waals surface area contributed by atoms with Crippen LogP contribution in [-0.2, 0) is 19.6 Å². The molecule has 0 saturated heterocycles. The van der Waals surface area contributed by atoms with Crippen molar-refractivity contribution in [1.82, 2.24) is 24.9 Å². The number of amides is 1. The zero-order valence-electron chi connectivity index (χ0n) is 13.3. The maximum Gasteiger partial charge on any atom is 0.274 e. The van der Waals surface area contributed by atoms with Crippen LogP contribution in [0.4, 0.5) is 0 Å². The van der Waals surface area contributed by atoms with Crippen LogP contribution in [-0.4, -0.2) is 42.4 Å². The van der Waals surface area contributed by atoms with Crippen molar-refractivity contribution >= 4 is 17.5 Å². The van der Waals surface area contributed by atoms with Gasteiger partial charge in [-0.3, -0.25) is 9.89 Å². The lowest BCUT2D eigenvalue weighted by Gasteiger charge is -2.26. The minimum absolute atomic E-state index is 0.0952. The molecule has 7 nitrogen and oxygen atoms in total. The molecule has 0 fully saturated rings. The van der Waals surface area contributed by atoms with E-state index in [1.54, 1.807) is 27.9 Å². The molecule has 0 unspecified atom stereocenters. The van der Waals surface area contributed by atoms with Crippen molar-refractivity contribution in [2.24, 2.45) is 0 Å². The summed E-state index contributed by atoms with van der Waals surface area (Å²) in [4.78, 5) is 14.5. The Bertz CT molecular complexity index is 933. The van der Waals surface area contributed by atoms with Crippen LogP contribution in [0.25, 0.3) is 5.69 Å². The lowest BCUT2D eigenvalue weighted by Crippen LogP contribution is -2.36. The Morgan fingerprint density at radius 3 is 2.96 bits per heavy atom. The van der Waals surface area contributed by atoms with E-state index in [1.165, 1.54) is 0 Å². The summed E-state index contributed by atoms with van der Waals surface area (Å²) in [6, 6.07) is 9.03. The summed E-state index contributed by atoms with van der Waals surface area (Å²) in [5.74, 6) is -0.142. The zero-order chi connectivity index (χ0) is 17.4. The van der Waals surface area contributed by atoms with Gasteiger partial charge in [-0.25, -0.2) is 4.68 Å². The Morgan fingerprint density at radius 1 is 1.32 bits per heavy atom. The molecule has 0 aliphatic carbocycles. The summed E-state index contributed by atoms with van der Waals surface area (Å²) < 4.78 is 1.60. The first-order valence-electron chi connectivity index (χ1n) is 7.93. The molecule has 25 heavy (non-hydrogen) atoms. The topological polar surface area (TPSA) is 87.0 Å². The van der Waals surface area contributed by atoms with Crippen LogP contribution in [0.15, 0.2) is 36.5 Å². The number of aromatic nitrogens is 4. The summed E-state index contributed by atoms with van der Waals surface area (Å²) in [5, 5.41) is 21.2. The molecule has 0 saturated carbocycles. The van der Waals surface area contributed by atoms with E-state index >= 15 is 0 Å². The van der Waals surface area contributed by atoms with Crippen LogP contribution in [0.3, 0.4) is 0 Å². The highest BCUT2D eigenvalue weighted by molar-refractivity contribution is 6.32. The van der Waals surface area contributed by atoms with Crippen molar-refractivity contribution in [3.05, 3.63) is 64.2 Å². The van der Waals surface area contributed by atoms with Crippen LogP contribution in [0.5, 0.6) is 0 Å². The highest BCUT2D eigenvalue weighted by Crippen LogP contribution is 2.22. The van der Waals surface area contributed by atoms with Gasteiger partial charge in [-0.2, -0.15) is 10.2 Å². The van der Waals surface area contributed by atoms with Crippen molar-refractivity contribution in [2.75, 3.05) is 6.54 Å². The highest BCUT2D eigenvalue weighted by Gasteiger charge is 2.26. The fourth-order valence-electron chi connectivity index (χ4n) is 3.06. The third-order valence-corrected chi connectivity index (χ3v) is 4.68. The molecule has 8 heteroatoms. The molecule has 2 N–H and O–H groups in total. The van der Waals surface area contributed by atoms with Gasteiger partial charge >= 0.3 is 0 Å². The molecule has 128 valence electrons. The number of H-pyrrole nitrogens is 1. The van der Waals surface area contributed by atoms with Gasteiger partial charge in [-0.1, -0.05) is 23.7 Å². The van der Waals surface area contributed by atoms with E-state index < -0.39 is 0 Å². The smallest absolute Gasteiger partial charge is 0.274 e.